The first-order chi connectivity index (χ1) is 8.59. The normalized spacial score (nSPS) is 10.9. The Bertz CT molecular complexity index is 205. The van der Waals surface area contributed by atoms with Crippen molar-refractivity contribution >= 4 is 5.91 Å². The van der Waals surface area contributed by atoms with Crippen LogP contribution in [-0.4, -0.2) is 37.6 Å². The highest BCUT2D eigenvalue weighted by Gasteiger charge is 2.11. The lowest BCUT2D eigenvalue weighted by atomic mass is 10.2. The molecule has 0 aromatic heterocycles. The predicted molar refractivity (Wildman–Crippen MR) is 76.7 cm³/mol. The van der Waals surface area contributed by atoms with Crippen molar-refractivity contribution < 1.29 is 9.53 Å². The van der Waals surface area contributed by atoms with Crippen LogP contribution in [0.4, 0.5) is 0 Å². The summed E-state index contributed by atoms with van der Waals surface area (Å²) in [5.74, 6) is 0.334. The van der Waals surface area contributed by atoms with E-state index in [1.165, 1.54) is 25.7 Å². The summed E-state index contributed by atoms with van der Waals surface area (Å²) in [5.41, 5.74) is 0. The number of hydrogen-bond donors (Lipinski definition) is 0. The van der Waals surface area contributed by atoms with Gasteiger partial charge in [0, 0.05) is 32.7 Å². The summed E-state index contributed by atoms with van der Waals surface area (Å²) in [6.45, 7) is 8.67. The molecule has 0 rings (SSSR count). The molecule has 0 bridgehead atoms. The van der Waals surface area contributed by atoms with Crippen molar-refractivity contribution in [1.29, 1.82) is 0 Å². The van der Waals surface area contributed by atoms with Crippen LogP contribution in [0.5, 0.6) is 0 Å². The van der Waals surface area contributed by atoms with E-state index >= 15 is 0 Å². The highest BCUT2D eigenvalue weighted by molar-refractivity contribution is 5.77. The first-order valence-electron chi connectivity index (χ1n) is 7.42. The van der Waals surface area contributed by atoms with Crippen molar-refractivity contribution in [2.45, 2.75) is 59.3 Å². The second kappa shape index (κ2) is 11.5. The lowest BCUT2D eigenvalue weighted by molar-refractivity contribution is -0.133. The van der Waals surface area contributed by atoms with E-state index < -0.39 is 0 Å². The van der Waals surface area contributed by atoms with Gasteiger partial charge in [-0.05, 0) is 19.3 Å². The van der Waals surface area contributed by atoms with Crippen LogP contribution in [0.2, 0.25) is 0 Å². The molecule has 0 aliphatic carbocycles. The lowest BCUT2D eigenvalue weighted by Gasteiger charge is -2.19. The second-order valence-corrected chi connectivity index (χ2v) is 5.29. The van der Waals surface area contributed by atoms with E-state index in [9.17, 15) is 4.79 Å². The molecule has 0 aromatic rings. The van der Waals surface area contributed by atoms with Crippen molar-refractivity contribution in [3.05, 3.63) is 0 Å². The quantitative estimate of drug-likeness (QED) is 0.530. The van der Waals surface area contributed by atoms with Crippen LogP contribution >= 0.6 is 0 Å². The molecule has 18 heavy (non-hydrogen) atoms. The number of rotatable bonds is 11. The number of nitrogens with zero attached hydrogens (tertiary/aromatic N) is 1. The Morgan fingerprint density at radius 3 is 2.22 bits per heavy atom. The third-order valence-corrected chi connectivity index (χ3v) is 3.04. The van der Waals surface area contributed by atoms with Gasteiger partial charge in [0.05, 0.1) is 0 Å². The fraction of sp³-hybridized carbons (Fsp3) is 0.933. The van der Waals surface area contributed by atoms with Crippen LogP contribution < -0.4 is 0 Å². The van der Waals surface area contributed by atoms with Gasteiger partial charge < -0.3 is 9.64 Å². The summed E-state index contributed by atoms with van der Waals surface area (Å²) >= 11 is 0. The van der Waals surface area contributed by atoms with Crippen molar-refractivity contribution in [2.75, 3.05) is 26.8 Å². The Morgan fingerprint density at radius 1 is 1.06 bits per heavy atom. The molecule has 0 saturated carbocycles. The van der Waals surface area contributed by atoms with Gasteiger partial charge in [0.15, 0.2) is 0 Å². The van der Waals surface area contributed by atoms with Crippen LogP contribution in [0.15, 0.2) is 0 Å². The Balaban J connectivity index is 3.27. The summed E-state index contributed by atoms with van der Waals surface area (Å²) in [6, 6.07) is 0. The molecule has 0 unspecified atom stereocenters. The molecule has 3 heteroatoms. The molecule has 0 fully saturated rings. The van der Waals surface area contributed by atoms with E-state index in [-0.39, 0.29) is 11.8 Å². The van der Waals surface area contributed by atoms with Gasteiger partial charge in [0.1, 0.15) is 0 Å². The zero-order chi connectivity index (χ0) is 13.8. The van der Waals surface area contributed by atoms with Crippen LogP contribution in [0.3, 0.4) is 0 Å². The summed E-state index contributed by atoms with van der Waals surface area (Å²) in [5, 5.41) is 0. The minimum Gasteiger partial charge on any atom is -0.381 e. The fourth-order valence-corrected chi connectivity index (χ4v) is 1.84. The SMILES string of the molecule is CCCCCCOCCCCN(C)C(=O)C(C)C. The van der Waals surface area contributed by atoms with Crippen LogP contribution in [0.25, 0.3) is 0 Å². The van der Waals surface area contributed by atoms with Gasteiger partial charge in [-0.15, -0.1) is 0 Å². The smallest absolute Gasteiger partial charge is 0.224 e. The van der Waals surface area contributed by atoms with E-state index in [0.29, 0.717) is 0 Å². The third-order valence-electron chi connectivity index (χ3n) is 3.04. The predicted octanol–water partition coefficient (Wildman–Crippen LogP) is 3.48. The molecule has 0 aromatic carbocycles. The van der Waals surface area contributed by atoms with E-state index in [0.717, 1.165) is 32.6 Å². The summed E-state index contributed by atoms with van der Waals surface area (Å²) in [7, 11) is 1.88. The lowest BCUT2D eigenvalue weighted by Crippen LogP contribution is -2.31. The Labute approximate surface area is 113 Å². The molecule has 0 heterocycles. The number of ether oxygens (including phenoxy) is 1. The largest absolute Gasteiger partial charge is 0.381 e. The third kappa shape index (κ3) is 9.46. The zero-order valence-electron chi connectivity index (χ0n) is 12.7. The molecule has 0 N–H and O–H groups in total. The van der Waals surface area contributed by atoms with E-state index in [1.54, 1.807) is 0 Å². The van der Waals surface area contributed by atoms with Crippen LogP contribution in [0, 0.1) is 5.92 Å². The second-order valence-electron chi connectivity index (χ2n) is 5.29. The monoisotopic (exact) mass is 257 g/mol. The Hall–Kier alpha value is -0.570. The Kier molecular flexibility index (Phi) is 11.2. The van der Waals surface area contributed by atoms with Gasteiger partial charge in [-0.2, -0.15) is 0 Å². The minimum absolute atomic E-state index is 0.102. The minimum atomic E-state index is 0.102. The van der Waals surface area contributed by atoms with Gasteiger partial charge >= 0.3 is 0 Å². The van der Waals surface area contributed by atoms with E-state index in [4.69, 9.17) is 4.74 Å². The molecule has 0 atom stereocenters. The maximum absolute atomic E-state index is 11.6. The number of carbonyl (C=O) groups excluding carboxylic acids is 1. The summed E-state index contributed by atoms with van der Waals surface area (Å²) in [6.07, 6.45) is 7.12. The summed E-state index contributed by atoms with van der Waals surface area (Å²) < 4.78 is 5.57. The molecule has 1 amide bonds. The number of unbranched alkanes of at least 4 members (excludes halogenated alkanes) is 4. The van der Waals surface area contributed by atoms with Gasteiger partial charge in [-0.25, -0.2) is 0 Å². The molecular weight excluding hydrogens is 226 g/mol. The van der Waals surface area contributed by atoms with Gasteiger partial charge in [0.25, 0.3) is 0 Å². The highest BCUT2D eigenvalue weighted by atomic mass is 16.5. The first-order valence-corrected chi connectivity index (χ1v) is 7.42. The number of hydrogen-bond acceptors (Lipinski definition) is 2. The Morgan fingerprint density at radius 2 is 1.67 bits per heavy atom. The topological polar surface area (TPSA) is 29.5 Å². The standard InChI is InChI=1S/C15H31NO2/c1-5-6-7-9-12-18-13-10-8-11-16(4)15(17)14(2)3/h14H,5-13H2,1-4H3. The van der Waals surface area contributed by atoms with Crippen molar-refractivity contribution in [2.24, 2.45) is 5.92 Å². The maximum atomic E-state index is 11.6. The van der Waals surface area contributed by atoms with E-state index in [2.05, 4.69) is 6.92 Å². The number of carbonyl (C=O) groups is 1. The van der Waals surface area contributed by atoms with Gasteiger partial charge in [-0.3, -0.25) is 4.79 Å². The van der Waals surface area contributed by atoms with E-state index in [1.807, 2.05) is 25.8 Å². The van der Waals surface area contributed by atoms with Gasteiger partial charge in [-0.1, -0.05) is 40.0 Å². The summed E-state index contributed by atoms with van der Waals surface area (Å²) in [4.78, 5) is 13.4. The highest BCUT2D eigenvalue weighted by Crippen LogP contribution is 2.02. The number of amides is 1. The molecule has 3 nitrogen and oxygen atoms in total. The van der Waals surface area contributed by atoms with Crippen molar-refractivity contribution in [3.8, 4) is 0 Å². The van der Waals surface area contributed by atoms with Crippen LogP contribution in [0.1, 0.15) is 59.3 Å². The molecule has 0 spiro atoms. The molecule has 0 aliphatic rings. The maximum Gasteiger partial charge on any atom is 0.224 e. The average molecular weight is 257 g/mol. The average Bonchev–Trinajstić information content (AvgIpc) is 2.35. The fourth-order valence-electron chi connectivity index (χ4n) is 1.84. The molecule has 0 aliphatic heterocycles. The van der Waals surface area contributed by atoms with Crippen molar-refractivity contribution in [3.63, 3.8) is 0 Å². The molecule has 0 saturated heterocycles. The molecular formula is C15H31NO2. The van der Waals surface area contributed by atoms with Crippen LogP contribution in [-0.2, 0) is 9.53 Å². The zero-order valence-corrected chi connectivity index (χ0v) is 12.7. The van der Waals surface area contributed by atoms with Gasteiger partial charge in [0.2, 0.25) is 5.91 Å². The van der Waals surface area contributed by atoms with Crippen molar-refractivity contribution in [1.82, 2.24) is 4.90 Å². The molecule has 108 valence electrons. The molecule has 0 radical (unpaired) electrons. The first kappa shape index (κ1) is 17.4.